The molecule has 4 nitrogen and oxygen atoms in total. The number of halogens is 2. The molecule has 1 fully saturated rings. The number of anilines is 1. The van der Waals surface area contributed by atoms with Crippen molar-refractivity contribution in [3.63, 3.8) is 0 Å². The van der Waals surface area contributed by atoms with Gasteiger partial charge < -0.3 is 10.2 Å². The Labute approximate surface area is 100 Å². The molecule has 0 aromatic carbocycles. The van der Waals surface area contributed by atoms with E-state index >= 15 is 0 Å². The molecule has 1 N–H and O–H groups in total. The van der Waals surface area contributed by atoms with E-state index in [1.54, 1.807) is 12.3 Å². The van der Waals surface area contributed by atoms with E-state index in [-0.39, 0.29) is 12.4 Å². The van der Waals surface area contributed by atoms with Gasteiger partial charge in [0.2, 0.25) is 5.95 Å². The number of nitrogens with one attached hydrogen (secondary N) is 1. The van der Waals surface area contributed by atoms with Crippen molar-refractivity contribution in [3.05, 3.63) is 17.4 Å². The second kappa shape index (κ2) is 5.49. The Kier molecular flexibility index (Phi) is 4.57. The Morgan fingerprint density at radius 1 is 1.60 bits per heavy atom. The van der Waals surface area contributed by atoms with E-state index in [4.69, 9.17) is 11.6 Å². The zero-order valence-corrected chi connectivity index (χ0v) is 10.1. The number of rotatable bonds is 1. The van der Waals surface area contributed by atoms with Crippen LogP contribution in [0.5, 0.6) is 0 Å². The number of hydrogen-bond acceptors (Lipinski definition) is 4. The minimum Gasteiger partial charge on any atom is -0.338 e. The van der Waals surface area contributed by atoms with Crippen LogP contribution in [0.3, 0.4) is 0 Å². The van der Waals surface area contributed by atoms with Gasteiger partial charge >= 0.3 is 0 Å². The van der Waals surface area contributed by atoms with Crippen molar-refractivity contribution < 1.29 is 0 Å². The molecule has 15 heavy (non-hydrogen) atoms. The van der Waals surface area contributed by atoms with Crippen LogP contribution in [0.1, 0.15) is 6.92 Å². The van der Waals surface area contributed by atoms with E-state index in [0.29, 0.717) is 11.2 Å². The predicted octanol–water partition coefficient (Wildman–Crippen LogP) is 1.35. The third-order valence-electron chi connectivity index (χ3n) is 2.26. The summed E-state index contributed by atoms with van der Waals surface area (Å²) in [6, 6.07) is 2.17. The molecule has 0 aliphatic carbocycles. The van der Waals surface area contributed by atoms with Crippen LogP contribution in [-0.2, 0) is 0 Å². The maximum Gasteiger partial charge on any atom is 0.226 e. The monoisotopic (exact) mass is 248 g/mol. The SMILES string of the molecule is CC1CN(c2nccc(Cl)n2)CCN1.Cl. The van der Waals surface area contributed by atoms with Crippen molar-refractivity contribution in [2.75, 3.05) is 24.5 Å². The fraction of sp³-hybridized carbons (Fsp3) is 0.556. The molecule has 0 radical (unpaired) electrons. The number of nitrogens with zero attached hydrogens (tertiary/aromatic N) is 3. The highest BCUT2D eigenvalue weighted by molar-refractivity contribution is 6.29. The molecule has 1 saturated heterocycles. The molecule has 1 aliphatic rings. The molecule has 0 spiro atoms. The van der Waals surface area contributed by atoms with Crippen LogP contribution in [0.4, 0.5) is 5.95 Å². The number of piperazine rings is 1. The van der Waals surface area contributed by atoms with E-state index in [1.165, 1.54) is 0 Å². The van der Waals surface area contributed by atoms with Gasteiger partial charge in [-0.15, -0.1) is 12.4 Å². The summed E-state index contributed by atoms with van der Waals surface area (Å²) < 4.78 is 0. The minimum atomic E-state index is 0. The molecular weight excluding hydrogens is 235 g/mol. The van der Waals surface area contributed by atoms with Gasteiger partial charge in [-0.05, 0) is 13.0 Å². The van der Waals surface area contributed by atoms with Gasteiger partial charge in [0.15, 0.2) is 0 Å². The highest BCUT2D eigenvalue weighted by atomic mass is 35.5. The Morgan fingerprint density at radius 2 is 2.40 bits per heavy atom. The van der Waals surface area contributed by atoms with Crippen LogP contribution < -0.4 is 10.2 Å². The lowest BCUT2D eigenvalue weighted by atomic mass is 10.2. The topological polar surface area (TPSA) is 41.1 Å². The summed E-state index contributed by atoms with van der Waals surface area (Å²) in [5.74, 6) is 0.728. The average Bonchev–Trinajstić information content (AvgIpc) is 2.18. The van der Waals surface area contributed by atoms with Gasteiger partial charge in [-0.2, -0.15) is 0 Å². The van der Waals surface area contributed by atoms with Gasteiger partial charge in [0.25, 0.3) is 0 Å². The molecule has 0 bridgehead atoms. The summed E-state index contributed by atoms with van der Waals surface area (Å²) in [4.78, 5) is 10.5. The smallest absolute Gasteiger partial charge is 0.226 e. The molecule has 1 aromatic rings. The lowest BCUT2D eigenvalue weighted by molar-refractivity contribution is 0.479. The van der Waals surface area contributed by atoms with Gasteiger partial charge in [0.1, 0.15) is 5.15 Å². The molecule has 2 rings (SSSR count). The molecule has 84 valence electrons. The van der Waals surface area contributed by atoms with Crippen molar-refractivity contribution in [2.24, 2.45) is 0 Å². The molecule has 0 saturated carbocycles. The van der Waals surface area contributed by atoms with Gasteiger partial charge in [-0.25, -0.2) is 9.97 Å². The van der Waals surface area contributed by atoms with Crippen molar-refractivity contribution in [3.8, 4) is 0 Å². The molecule has 1 aromatic heterocycles. The average molecular weight is 249 g/mol. The van der Waals surface area contributed by atoms with Crippen LogP contribution >= 0.6 is 24.0 Å². The highest BCUT2D eigenvalue weighted by Crippen LogP contribution is 2.12. The predicted molar refractivity (Wildman–Crippen MR) is 64.0 cm³/mol. The summed E-state index contributed by atoms with van der Waals surface area (Å²) in [6.45, 7) is 4.98. The van der Waals surface area contributed by atoms with Crippen molar-refractivity contribution in [1.82, 2.24) is 15.3 Å². The second-order valence-electron chi connectivity index (χ2n) is 3.48. The standard InChI is InChI=1S/C9H13ClN4.ClH/c1-7-6-14(5-4-11-7)9-12-3-2-8(10)13-9;/h2-3,7,11H,4-6H2,1H3;1H. The van der Waals surface area contributed by atoms with E-state index in [2.05, 4.69) is 27.1 Å². The molecule has 1 atom stereocenters. The van der Waals surface area contributed by atoms with Gasteiger partial charge in [-0.3, -0.25) is 0 Å². The van der Waals surface area contributed by atoms with Crippen LogP contribution in [0, 0.1) is 0 Å². The van der Waals surface area contributed by atoms with Crippen LogP contribution in [-0.4, -0.2) is 35.6 Å². The van der Waals surface area contributed by atoms with Crippen molar-refractivity contribution in [1.29, 1.82) is 0 Å². The second-order valence-corrected chi connectivity index (χ2v) is 3.87. The van der Waals surface area contributed by atoms with E-state index in [0.717, 1.165) is 25.6 Å². The summed E-state index contributed by atoms with van der Waals surface area (Å²) >= 11 is 5.81. The largest absolute Gasteiger partial charge is 0.338 e. The van der Waals surface area contributed by atoms with Crippen molar-refractivity contribution >= 4 is 30.0 Å². The molecule has 1 aliphatic heterocycles. The molecule has 6 heteroatoms. The number of hydrogen-bond donors (Lipinski definition) is 1. The summed E-state index contributed by atoms with van der Waals surface area (Å²) in [5.41, 5.74) is 0. The highest BCUT2D eigenvalue weighted by Gasteiger charge is 2.17. The van der Waals surface area contributed by atoms with E-state index in [9.17, 15) is 0 Å². The normalized spacial score (nSPS) is 20.9. The van der Waals surface area contributed by atoms with Crippen LogP contribution in [0.2, 0.25) is 5.15 Å². The first-order valence-electron chi connectivity index (χ1n) is 4.72. The van der Waals surface area contributed by atoms with Gasteiger partial charge in [-0.1, -0.05) is 11.6 Å². The Hall–Kier alpha value is -0.580. The first-order chi connectivity index (χ1) is 6.75. The summed E-state index contributed by atoms with van der Waals surface area (Å²) in [6.07, 6.45) is 1.69. The maximum absolute atomic E-state index is 5.81. The third kappa shape index (κ3) is 3.19. The fourth-order valence-corrected chi connectivity index (χ4v) is 1.73. The summed E-state index contributed by atoms with van der Waals surface area (Å²) in [7, 11) is 0. The van der Waals surface area contributed by atoms with E-state index < -0.39 is 0 Å². The van der Waals surface area contributed by atoms with Gasteiger partial charge in [0, 0.05) is 31.9 Å². The maximum atomic E-state index is 5.81. The number of aromatic nitrogens is 2. The molecule has 2 heterocycles. The molecular formula is C9H14Cl2N4. The van der Waals surface area contributed by atoms with Gasteiger partial charge in [0.05, 0.1) is 0 Å². The Bertz CT molecular complexity index is 321. The van der Waals surface area contributed by atoms with Crippen LogP contribution in [0.15, 0.2) is 12.3 Å². The fourth-order valence-electron chi connectivity index (χ4n) is 1.59. The molecule has 0 amide bonds. The zero-order chi connectivity index (χ0) is 9.97. The van der Waals surface area contributed by atoms with E-state index in [1.807, 2.05) is 0 Å². The quantitative estimate of drug-likeness (QED) is 0.763. The molecule has 1 unspecified atom stereocenters. The zero-order valence-electron chi connectivity index (χ0n) is 8.48. The van der Waals surface area contributed by atoms with Crippen LogP contribution in [0.25, 0.3) is 0 Å². The first kappa shape index (κ1) is 12.5. The third-order valence-corrected chi connectivity index (χ3v) is 2.47. The van der Waals surface area contributed by atoms with Crippen molar-refractivity contribution in [2.45, 2.75) is 13.0 Å². The summed E-state index contributed by atoms with van der Waals surface area (Å²) in [5, 5.41) is 3.87. The Balaban J connectivity index is 0.00000112. The lowest BCUT2D eigenvalue weighted by Crippen LogP contribution is -2.49. The lowest BCUT2D eigenvalue weighted by Gasteiger charge is -2.31. The Morgan fingerprint density at radius 3 is 3.07 bits per heavy atom. The minimum absolute atomic E-state index is 0. The first-order valence-corrected chi connectivity index (χ1v) is 5.10.